The SMILES string of the molecule is COCCNC(c1nc(C)cs1)C(C)c1ccccc1. The molecule has 0 spiro atoms. The van der Waals surface area contributed by atoms with E-state index in [1.165, 1.54) is 5.56 Å². The Labute approximate surface area is 125 Å². The topological polar surface area (TPSA) is 34.1 Å². The molecule has 1 heterocycles. The van der Waals surface area contributed by atoms with E-state index in [0.717, 1.165) is 17.2 Å². The molecule has 2 unspecified atom stereocenters. The van der Waals surface area contributed by atoms with E-state index in [4.69, 9.17) is 4.74 Å². The van der Waals surface area contributed by atoms with E-state index < -0.39 is 0 Å². The van der Waals surface area contributed by atoms with E-state index in [2.05, 4.69) is 52.9 Å². The summed E-state index contributed by atoms with van der Waals surface area (Å²) in [5.74, 6) is 0.374. The predicted octanol–water partition coefficient (Wildman–Crippen LogP) is 3.53. The number of nitrogens with one attached hydrogen (secondary N) is 1. The summed E-state index contributed by atoms with van der Waals surface area (Å²) in [5, 5.41) is 6.83. The lowest BCUT2D eigenvalue weighted by atomic mass is 9.93. The average molecular weight is 290 g/mol. The number of thiazole rings is 1. The van der Waals surface area contributed by atoms with E-state index in [9.17, 15) is 0 Å². The molecule has 0 aliphatic rings. The first-order chi connectivity index (χ1) is 9.72. The zero-order chi connectivity index (χ0) is 14.4. The maximum atomic E-state index is 5.14. The summed E-state index contributed by atoms with van der Waals surface area (Å²) < 4.78 is 5.14. The zero-order valence-electron chi connectivity index (χ0n) is 12.3. The Hall–Kier alpha value is -1.23. The van der Waals surface area contributed by atoms with Crippen molar-refractivity contribution in [2.45, 2.75) is 25.8 Å². The normalized spacial score (nSPS) is 14.2. The van der Waals surface area contributed by atoms with Crippen molar-refractivity contribution in [3.8, 4) is 0 Å². The van der Waals surface area contributed by atoms with Crippen LogP contribution in [-0.4, -0.2) is 25.2 Å². The molecular weight excluding hydrogens is 268 g/mol. The fourth-order valence-corrected chi connectivity index (χ4v) is 3.23. The minimum atomic E-state index is 0.228. The van der Waals surface area contributed by atoms with Crippen LogP contribution in [0, 0.1) is 6.92 Å². The van der Waals surface area contributed by atoms with Gasteiger partial charge in [-0.3, -0.25) is 0 Å². The van der Waals surface area contributed by atoms with Gasteiger partial charge in [-0.25, -0.2) is 4.98 Å². The summed E-state index contributed by atoms with van der Waals surface area (Å²) in [6.45, 7) is 5.83. The molecule has 1 aromatic carbocycles. The van der Waals surface area contributed by atoms with Gasteiger partial charge in [0.05, 0.1) is 12.6 Å². The third-order valence-corrected chi connectivity index (χ3v) is 4.44. The predicted molar refractivity (Wildman–Crippen MR) is 84.3 cm³/mol. The summed E-state index contributed by atoms with van der Waals surface area (Å²) in [4.78, 5) is 4.65. The van der Waals surface area contributed by atoms with Gasteiger partial charge in [-0.05, 0) is 12.5 Å². The molecule has 4 heteroatoms. The first-order valence-corrected chi connectivity index (χ1v) is 7.79. The van der Waals surface area contributed by atoms with Gasteiger partial charge in [0.25, 0.3) is 0 Å². The van der Waals surface area contributed by atoms with Crippen molar-refractivity contribution >= 4 is 11.3 Å². The number of ether oxygens (including phenoxy) is 1. The van der Waals surface area contributed by atoms with Gasteiger partial charge in [-0.2, -0.15) is 0 Å². The Balaban J connectivity index is 2.17. The molecular formula is C16H22N2OS. The van der Waals surface area contributed by atoms with E-state index in [-0.39, 0.29) is 6.04 Å². The Kier molecular flexibility index (Phi) is 5.71. The molecule has 0 bridgehead atoms. The van der Waals surface area contributed by atoms with E-state index >= 15 is 0 Å². The van der Waals surface area contributed by atoms with Crippen molar-refractivity contribution in [1.29, 1.82) is 0 Å². The number of aryl methyl sites for hydroxylation is 1. The summed E-state index contributed by atoms with van der Waals surface area (Å²) in [5.41, 5.74) is 2.42. The lowest BCUT2D eigenvalue weighted by Gasteiger charge is -2.24. The van der Waals surface area contributed by atoms with E-state index in [0.29, 0.717) is 12.5 Å². The summed E-state index contributed by atoms with van der Waals surface area (Å²) in [6, 6.07) is 10.8. The lowest BCUT2D eigenvalue weighted by molar-refractivity contribution is 0.194. The molecule has 20 heavy (non-hydrogen) atoms. The second-order valence-corrected chi connectivity index (χ2v) is 5.84. The molecule has 2 atom stereocenters. The second kappa shape index (κ2) is 7.53. The van der Waals surface area contributed by atoms with E-state index in [1.807, 2.05) is 6.92 Å². The number of nitrogens with zero attached hydrogens (tertiary/aromatic N) is 1. The largest absolute Gasteiger partial charge is 0.383 e. The molecule has 2 rings (SSSR count). The third-order valence-electron chi connectivity index (χ3n) is 3.40. The van der Waals surface area contributed by atoms with Crippen molar-refractivity contribution in [1.82, 2.24) is 10.3 Å². The molecule has 0 radical (unpaired) electrons. The van der Waals surface area contributed by atoms with Gasteiger partial charge in [0.15, 0.2) is 0 Å². The number of aromatic nitrogens is 1. The maximum absolute atomic E-state index is 5.14. The van der Waals surface area contributed by atoms with Crippen LogP contribution in [0.1, 0.15) is 35.1 Å². The quantitative estimate of drug-likeness (QED) is 0.792. The zero-order valence-corrected chi connectivity index (χ0v) is 13.1. The highest BCUT2D eigenvalue weighted by molar-refractivity contribution is 7.09. The van der Waals surface area contributed by atoms with Gasteiger partial charge in [-0.1, -0.05) is 37.3 Å². The Morgan fingerprint density at radius 1 is 1.30 bits per heavy atom. The number of methoxy groups -OCH3 is 1. The van der Waals surface area contributed by atoms with Crippen LogP contribution in [0.25, 0.3) is 0 Å². The van der Waals surface area contributed by atoms with Crippen LogP contribution in [0.5, 0.6) is 0 Å². The van der Waals surface area contributed by atoms with Crippen LogP contribution in [0.4, 0.5) is 0 Å². The minimum Gasteiger partial charge on any atom is -0.383 e. The fourth-order valence-electron chi connectivity index (χ4n) is 2.26. The van der Waals surface area contributed by atoms with Gasteiger partial charge in [0.1, 0.15) is 5.01 Å². The van der Waals surface area contributed by atoms with Crippen LogP contribution < -0.4 is 5.32 Å². The standard InChI is InChI=1S/C16H22N2OS/c1-12-11-20-16(18-12)15(17-9-10-19-3)13(2)14-7-5-4-6-8-14/h4-8,11,13,15,17H,9-10H2,1-3H3. The second-order valence-electron chi connectivity index (χ2n) is 4.95. The summed E-state index contributed by atoms with van der Waals surface area (Å²) in [6.07, 6.45) is 0. The summed E-state index contributed by atoms with van der Waals surface area (Å²) in [7, 11) is 1.73. The van der Waals surface area contributed by atoms with Crippen LogP contribution in [0.2, 0.25) is 0 Å². The minimum absolute atomic E-state index is 0.228. The molecule has 3 nitrogen and oxygen atoms in total. The van der Waals surface area contributed by atoms with Crippen molar-refractivity contribution in [3.63, 3.8) is 0 Å². The van der Waals surface area contributed by atoms with Crippen LogP contribution in [0.15, 0.2) is 35.7 Å². The van der Waals surface area contributed by atoms with Crippen LogP contribution >= 0.6 is 11.3 Å². The lowest BCUT2D eigenvalue weighted by Crippen LogP contribution is -2.29. The first kappa shape index (κ1) is 15.2. The van der Waals surface area contributed by atoms with Gasteiger partial charge < -0.3 is 10.1 Å². The summed E-state index contributed by atoms with van der Waals surface area (Å²) >= 11 is 1.72. The number of hydrogen-bond donors (Lipinski definition) is 1. The molecule has 0 aliphatic heterocycles. The number of rotatable bonds is 7. The van der Waals surface area contributed by atoms with Crippen molar-refractivity contribution in [2.75, 3.05) is 20.3 Å². The molecule has 0 aliphatic carbocycles. The smallest absolute Gasteiger partial charge is 0.110 e. The van der Waals surface area contributed by atoms with E-state index in [1.54, 1.807) is 18.4 Å². The molecule has 0 saturated carbocycles. The fraction of sp³-hybridized carbons (Fsp3) is 0.438. The average Bonchev–Trinajstić information content (AvgIpc) is 2.90. The third kappa shape index (κ3) is 3.88. The monoisotopic (exact) mass is 290 g/mol. The maximum Gasteiger partial charge on any atom is 0.110 e. The molecule has 1 aromatic heterocycles. The molecule has 1 N–H and O–H groups in total. The molecule has 108 valence electrons. The highest BCUT2D eigenvalue weighted by Crippen LogP contribution is 2.32. The van der Waals surface area contributed by atoms with Gasteiger partial charge >= 0.3 is 0 Å². The van der Waals surface area contributed by atoms with Crippen molar-refractivity contribution < 1.29 is 4.74 Å². The highest BCUT2D eigenvalue weighted by Gasteiger charge is 2.22. The van der Waals surface area contributed by atoms with Gasteiger partial charge in [-0.15, -0.1) is 11.3 Å². The molecule has 0 amide bonds. The molecule has 0 saturated heterocycles. The van der Waals surface area contributed by atoms with Crippen LogP contribution in [0.3, 0.4) is 0 Å². The Bertz CT molecular complexity index is 512. The van der Waals surface area contributed by atoms with Crippen molar-refractivity contribution in [2.24, 2.45) is 0 Å². The number of hydrogen-bond acceptors (Lipinski definition) is 4. The highest BCUT2D eigenvalue weighted by atomic mass is 32.1. The molecule has 0 fully saturated rings. The van der Waals surface area contributed by atoms with Gasteiger partial charge in [0, 0.05) is 30.6 Å². The Morgan fingerprint density at radius 3 is 2.65 bits per heavy atom. The van der Waals surface area contributed by atoms with Crippen molar-refractivity contribution in [3.05, 3.63) is 52.0 Å². The Morgan fingerprint density at radius 2 is 2.05 bits per heavy atom. The first-order valence-electron chi connectivity index (χ1n) is 6.91. The van der Waals surface area contributed by atoms with Gasteiger partial charge in [0.2, 0.25) is 0 Å². The van der Waals surface area contributed by atoms with Crippen LogP contribution in [-0.2, 0) is 4.74 Å². The number of benzene rings is 1. The molecule has 2 aromatic rings.